The number of benzene rings is 1. The van der Waals surface area contributed by atoms with E-state index in [1.165, 1.54) is 16.8 Å². The second-order valence-corrected chi connectivity index (χ2v) is 6.19. The SMILES string of the molecule is CCC(CC)c1c(CN)nnn1Cc1ccc(C(C)C)cc1. The second kappa shape index (κ2) is 7.54. The largest absolute Gasteiger partial charge is 0.325 e. The zero-order chi connectivity index (χ0) is 16.1. The fourth-order valence-electron chi connectivity index (χ4n) is 2.92. The first-order chi connectivity index (χ1) is 10.6. The Hall–Kier alpha value is -1.68. The average molecular weight is 300 g/mol. The Morgan fingerprint density at radius 2 is 1.73 bits per heavy atom. The van der Waals surface area contributed by atoms with Crippen molar-refractivity contribution < 1.29 is 0 Å². The van der Waals surface area contributed by atoms with Crippen molar-refractivity contribution in [3.8, 4) is 0 Å². The maximum absolute atomic E-state index is 5.84. The first kappa shape index (κ1) is 16.7. The molecule has 0 atom stereocenters. The molecular weight excluding hydrogens is 272 g/mol. The fourth-order valence-corrected chi connectivity index (χ4v) is 2.92. The Kier molecular flexibility index (Phi) is 5.72. The van der Waals surface area contributed by atoms with Gasteiger partial charge >= 0.3 is 0 Å². The minimum atomic E-state index is 0.456. The van der Waals surface area contributed by atoms with Gasteiger partial charge in [-0.1, -0.05) is 57.2 Å². The highest BCUT2D eigenvalue weighted by molar-refractivity contribution is 5.25. The highest BCUT2D eigenvalue weighted by Gasteiger charge is 2.19. The summed E-state index contributed by atoms with van der Waals surface area (Å²) >= 11 is 0. The maximum Gasteiger partial charge on any atom is 0.0997 e. The number of aromatic nitrogens is 3. The highest BCUT2D eigenvalue weighted by Crippen LogP contribution is 2.26. The summed E-state index contributed by atoms with van der Waals surface area (Å²) in [5.41, 5.74) is 10.6. The number of hydrogen-bond donors (Lipinski definition) is 1. The molecule has 0 spiro atoms. The zero-order valence-corrected chi connectivity index (χ0v) is 14.2. The molecule has 0 aliphatic carbocycles. The number of nitrogens with two attached hydrogens (primary N) is 1. The molecule has 0 aliphatic heterocycles. The van der Waals surface area contributed by atoms with Crippen molar-refractivity contribution in [2.45, 2.75) is 65.5 Å². The van der Waals surface area contributed by atoms with E-state index in [9.17, 15) is 0 Å². The van der Waals surface area contributed by atoms with Crippen LogP contribution in [0.4, 0.5) is 0 Å². The van der Waals surface area contributed by atoms with E-state index >= 15 is 0 Å². The predicted octanol–water partition coefficient (Wildman–Crippen LogP) is 3.81. The molecule has 0 saturated carbocycles. The summed E-state index contributed by atoms with van der Waals surface area (Å²) in [6.07, 6.45) is 2.17. The molecule has 0 amide bonds. The molecule has 22 heavy (non-hydrogen) atoms. The minimum absolute atomic E-state index is 0.456. The van der Waals surface area contributed by atoms with Crippen molar-refractivity contribution >= 4 is 0 Å². The van der Waals surface area contributed by atoms with Crippen molar-refractivity contribution in [2.24, 2.45) is 5.73 Å². The van der Waals surface area contributed by atoms with Crippen LogP contribution in [0.3, 0.4) is 0 Å². The Morgan fingerprint density at radius 3 is 2.23 bits per heavy atom. The standard InChI is InChI=1S/C18H28N4/c1-5-15(6-2)18-17(11-19)20-21-22(18)12-14-7-9-16(10-8-14)13(3)4/h7-10,13,15H,5-6,11-12,19H2,1-4H3. The molecule has 0 bridgehead atoms. The molecule has 1 aromatic heterocycles. The van der Waals surface area contributed by atoms with Crippen molar-refractivity contribution in [2.75, 3.05) is 0 Å². The molecule has 2 aromatic rings. The molecule has 2 N–H and O–H groups in total. The molecule has 0 fully saturated rings. The lowest BCUT2D eigenvalue weighted by molar-refractivity contribution is 0.541. The molecule has 4 heteroatoms. The van der Waals surface area contributed by atoms with Gasteiger partial charge in [-0.05, 0) is 29.9 Å². The van der Waals surface area contributed by atoms with E-state index in [1.807, 2.05) is 4.68 Å². The van der Waals surface area contributed by atoms with E-state index in [4.69, 9.17) is 5.73 Å². The second-order valence-electron chi connectivity index (χ2n) is 6.19. The van der Waals surface area contributed by atoms with Crippen LogP contribution in [0.25, 0.3) is 0 Å². The van der Waals surface area contributed by atoms with Crippen LogP contribution in [0.1, 0.15) is 74.9 Å². The average Bonchev–Trinajstić information content (AvgIpc) is 2.92. The lowest BCUT2D eigenvalue weighted by Crippen LogP contribution is -2.12. The van der Waals surface area contributed by atoms with Crippen molar-refractivity contribution in [3.63, 3.8) is 0 Å². The molecule has 4 nitrogen and oxygen atoms in total. The van der Waals surface area contributed by atoms with Crippen LogP contribution in [0.2, 0.25) is 0 Å². The molecular formula is C18H28N4. The van der Waals surface area contributed by atoms with Gasteiger partial charge in [0.1, 0.15) is 0 Å². The topological polar surface area (TPSA) is 56.7 Å². The van der Waals surface area contributed by atoms with E-state index < -0.39 is 0 Å². The van der Waals surface area contributed by atoms with Crippen LogP contribution < -0.4 is 5.73 Å². The fraction of sp³-hybridized carbons (Fsp3) is 0.556. The van der Waals surface area contributed by atoms with E-state index in [2.05, 4.69) is 62.3 Å². The molecule has 2 rings (SSSR count). The van der Waals surface area contributed by atoms with Gasteiger partial charge in [-0.2, -0.15) is 0 Å². The van der Waals surface area contributed by atoms with Crippen LogP contribution in [0.5, 0.6) is 0 Å². The zero-order valence-electron chi connectivity index (χ0n) is 14.2. The monoisotopic (exact) mass is 300 g/mol. The van der Waals surface area contributed by atoms with Crippen LogP contribution in [0, 0.1) is 0 Å². The third-order valence-electron chi connectivity index (χ3n) is 4.39. The minimum Gasteiger partial charge on any atom is -0.325 e. The van der Waals surface area contributed by atoms with E-state index in [-0.39, 0.29) is 0 Å². The number of rotatable bonds is 7. The highest BCUT2D eigenvalue weighted by atomic mass is 15.4. The lowest BCUT2D eigenvalue weighted by atomic mass is 9.97. The van der Waals surface area contributed by atoms with Gasteiger partial charge in [0.05, 0.1) is 17.9 Å². The maximum atomic E-state index is 5.84. The van der Waals surface area contributed by atoms with Gasteiger partial charge in [0, 0.05) is 12.5 Å². The number of nitrogens with zero attached hydrogens (tertiary/aromatic N) is 3. The Labute approximate surface area is 133 Å². The van der Waals surface area contributed by atoms with Gasteiger partial charge < -0.3 is 5.73 Å². The summed E-state index contributed by atoms with van der Waals surface area (Å²) in [4.78, 5) is 0. The Bertz CT molecular complexity index is 580. The molecule has 0 unspecified atom stereocenters. The quantitative estimate of drug-likeness (QED) is 0.846. The van der Waals surface area contributed by atoms with Gasteiger partial charge in [-0.3, -0.25) is 0 Å². The van der Waals surface area contributed by atoms with E-state index in [1.54, 1.807) is 0 Å². The summed E-state index contributed by atoms with van der Waals surface area (Å²) in [5, 5.41) is 8.62. The van der Waals surface area contributed by atoms with Gasteiger partial charge in [-0.15, -0.1) is 5.10 Å². The van der Waals surface area contributed by atoms with Crippen molar-refractivity contribution in [3.05, 3.63) is 46.8 Å². The smallest absolute Gasteiger partial charge is 0.0997 e. The lowest BCUT2D eigenvalue weighted by Gasteiger charge is -2.16. The summed E-state index contributed by atoms with van der Waals surface area (Å²) in [7, 11) is 0. The van der Waals surface area contributed by atoms with Gasteiger partial charge in [0.15, 0.2) is 0 Å². The molecule has 0 radical (unpaired) electrons. The number of hydrogen-bond acceptors (Lipinski definition) is 3. The Morgan fingerprint density at radius 1 is 1.09 bits per heavy atom. The Balaban J connectivity index is 2.27. The van der Waals surface area contributed by atoms with Crippen molar-refractivity contribution in [1.82, 2.24) is 15.0 Å². The van der Waals surface area contributed by atoms with E-state index in [0.29, 0.717) is 18.4 Å². The molecule has 0 saturated heterocycles. The predicted molar refractivity (Wildman–Crippen MR) is 90.9 cm³/mol. The van der Waals surface area contributed by atoms with Crippen LogP contribution in [-0.4, -0.2) is 15.0 Å². The van der Waals surface area contributed by atoms with Crippen LogP contribution >= 0.6 is 0 Å². The summed E-state index contributed by atoms with van der Waals surface area (Å²) in [5.74, 6) is 1.04. The molecule has 120 valence electrons. The van der Waals surface area contributed by atoms with Gasteiger partial charge in [-0.25, -0.2) is 4.68 Å². The molecule has 1 heterocycles. The summed E-state index contributed by atoms with van der Waals surface area (Å²) in [6.45, 7) is 10.1. The van der Waals surface area contributed by atoms with Gasteiger partial charge in [0.2, 0.25) is 0 Å². The van der Waals surface area contributed by atoms with Crippen LogP contribution in [0.15, 0.2) is 24.3 Å². The third kappa shape index (κ3) is 3.55. The van der Waals surface area contributed by atoms with Gasteiger partial charge in [0.25, 0.3) is 0 Å². The normalized spacial score (nSPS) is 11.6. The third-order valence-corrected chi connectivity index (χ3v) is 4.39. The first-order valence-electron chi connectivity index (χ1n) is 8.31. The van der Waals surface area contributed by atoms with Crippen molar-refractivity contribution in [1.29, 1.82) is 0 Å². The first-order valence-corrected chi connectivity index (χ1v) is 8.31. The summed E-state index contributed by atoms with van der Waals surface area (Å²) < 4.78 is 2.03. The van der Waals surface area contributed by atoms with Crippen LogP contribution in [-0.2, 0) is 13.1 Å². The van der Waals surface area contributed by atoms with E-state index in [0.717, 1.165) is 25.1 Å². The molecule has 0 aliphatic rings. The summed E-state index contributed by atoms with van der Waals surface area (Å²) in [6, 6.07) is 8.79. The molecule has 1 aromatic carbocycles.